The number of carbonyl (C=O) groups excluding carboxylic acids is 2. The largest absolute Gasteiger partial charge is 0.350 e. The van der Waals surface area contributed by atoms with E-state index < -0.39 is 27.7 Å². The Hall–Kier alpha value is -3.04. The third-order valence-electron chi connectivity index (χ3n) is 5.55. The Kier molecular flexibility index (Phi) is 6.12. The maximum Gasteiger partial charge on any atom is 0.278 e. The van der Waals surface area contributed by atoms with Crippen molar-refractivity contribution in [1.82, 2.24) is 9.21 Å². The highest BCUT2D eigenvalue weighted by Gasteiger charge is 2.38. The molecule has 2 aromatic rings. The van der Waals surface area contributed by atoms with Crippen LogP contribution in [0.2, 0.25) is 0 Å². The van der Waals surface area contributed by atoms with Gasteiger partial charge in [0.25, 0.3) is 11.8 Å². The van der Waals surface area contributed by atoms with Gasteiger partial charge in [0.2, 0.25) is 10.0 Å². The first-order valence-electron chi connectivity index (χ1n) is 10.6. The number of nitrogens with one attached hydrogen (secondary N) is 1. The van der Waals surface area contributed by atoms with Crippen molar-refractivity contribution in [3.63, 3.8) is 0 Å². The molecule has 32 heavy (non-hydrogen) atoms. The fraction of sp³-hybridized carbons (Fsp3) is 0.304. The lowest BCUT2D eigenvalue weighted by molar-refractivity contribution is -0.136. The number of hydrogen-bond donors (Lipinski definition) is 1. The summed E-state index contributed by atoms with van der Waals surface area (Å²) in [5, 5.41) is 2.97. The lowest BCUT2D eigenvalue weighted by atomic mass is 10.0. The summed E-state index contributed by atoms with van der Waals surface area (Å²) in [6.07, 6.45) is 2.24. The fourth-order valence-corrected chi connectivity index (χ4v) is 5.52. The van der Waals surface area contributed by atoms with Crippen molar-refractivity contribution in [2.75, 3.05) is 25.0 Å². The quantitative estimate of drug-likeness (QED) is 0.646. The van der Waals surface area contributed by atoms with E-state index in [4.69, 9.17) is 0 Å². The summed E-state index contributed by atoms with van der Waals surface area (Å²) in [6.45, 7) is 3.07. The van der Waals surface area contributed by atoms with E-state index in [1.54, 1.807) is 12.1 Å². The van der Waals surface area contributed by atoms with Gasteiger partial charge < -0.3 is 5.32 Å². The van der Waals surface area contributed by atoms with Gasteiger partial charge in [-0.25, -0.2) is 12.8 Å². The number of hydrogen-bond acceptors (Lipinski definition) is 5. The zero-order chi connectivity index (χ0) is 22.9. The molecule has 2 heterocycles. The lowest BCUT2D eigenvalue weighted by Gasteiger charge is -2.17. The highest BCUT2D eigenvalue weighted by molar-refractivity contribution is 7.89. The second-order valence-corrected chi connectivity index (χ2v) is 9.72. The first kappa shape index (κ1) is 22.2. The van der Waals surface area contributed by atoms with Gasteiger partial charge in [-0.2, -0.15) is 4.31 Å². The van der Waals surface area contributed by atoms with Crippen molar-refractivity contribution in [1.29, 1.82) is 0 Å². The summed E-state index contributed by atoms with van der Waals surface area (Å²) < 4.78 is 40.7. The summed E-state index contributed by atoms with van der Waals surface area (Å²) in [7, 11) is -3.64. The van der Waals surface area contributed by atoms with Crippen LogP contribution in [0.3, 0.4) is 0 Å². The fourth-order valence-electron chi connectivity index (χ4n) is 3.96. The first-order valence-corrected chi connectivity index (χ1v) is 12.0. The van der Waals surface area contributed by atoms with Crippen LogP contribution in [0.1, 0.15) is 31.7 Å². The van der Waals surface area contributed by atoms with Gasteiger partial charge in [0, 0.05) is 25.3 Å². The summed E-state index contributed by atoms with van der Waals surface area (Å²) in [6, 6.07) is 11.5. The van der Waals surface area contributed by atoms with Crippen LogP contribution in [-0.2, 0) is 19.6 Å². The Balaban J connectivity index is 1.72. The number of sulfonamides is 1. The average Bonchev–Trinajstić information content (AvgIpc) is 3.40. The van der Waals surface area contributed by atoms with Gasteiger partial charge in [-0.05, 0) is 55.2 Å². The summed E-state index contributed by atoms with van der Waals surface area (Å²) >= 11 is 0. The molecule has 1 fully saturated rings. The van der Waals surface area contributed by atoms with Crippen molar-refractivity contribution in [2.45, 2.75) is 31.1 Å². The normalized spacial score (nSPS) is 17.5. The van der Waals surface area contributed by atoms with E-state index in [9.17, 15) is 22.4 Å². The van der Waals surface area contributed by atoms with Gasteiger partial charge in [-0.1, -0.05) is 25.1 Å². The second kappa shape index (κ2) is 8.84. The molecule has 0 saturated carbocycles. The van der Waals surface area contributed by atoms with Crippen LogP contribution in [0, 0.1) is 5.82 Å². The smallest absolute Gasteiger partial charge is 0.278 e. The molecule has 0 spiro atoms. The van der Waals surface area contributed by atoms with Crippen LogP contribution in [0.5, 0.6) is 0 Å². The molecule has 2 aliphatic heterocycles. The predicted octanol–water partition coefficient (Wildman–Crippen LogP) is 3.21. The van der Waals surface area contributed by atoms with Crippen LogP contribution in [-0.4, -0.2) is 49.1 Å². The topological polar surface area (TPSA) is 86.8 Å². The van der Waals surface area contributed by atoms with Gasteiger partial charge in [0.1, 0.15) is 11.5 Å². The highest BCUT2D eigenvalue weighted by Crippen LogP contribution is 2.31. The molecule has 0 unspecified atom stereocenters. The number of nitrogens with zero attached hydrogens (tertiary/aromatic N) is 2. The molecule has 2 aliphatic rings. The number of benzene rings is 2. The first-order chi connectivity index (χ1) is 15.3. The zero-order valence-corrected chi connectivity index (χ0v) is 18.5. The average molecular weight is 458 g/mol. The van der Waals surface area contributed by atoms with Crippen molar-refractivity contribution >= 4 is 33.1 Å². The monoisotopic (exact) mass is 457 g/mol. The van der Waals surface area contributed by atoms with Crippen molar-refractivity contribution in [2.24, 2.45) is 0 Å². The van der Waals surface area contributed by atoms with E-state index in [1.165, 1.54) is 40.7 Å². The van der Waals surface area contributed by atoms with Gasteiger partial charge >= 0.3 is 0 Å². The van der Waals surface area contributed by atoms with E-state index in [0.29, 0.717) is 30.8 Å². The summed E-state index contributed by atoms with van der Waals surface area (Å²) in [5.41, 5.74) is 0.966. The molecule has 0 aromatic heterocycles. The number of imide groups is 1. The molecule has 0 radical (unpaired) electrons. The number of halogens is 1. The van der Waals surface area contributed by atoms with Crippen LogP contribution < -0.4 is 5.32 Å². The Labute approximate surface area is 186 Å². The SMILES string of the molecule is CCCN1C(=O)C(Nc2cccc(S(=O)(=O)N3CCCC3)c2)=C(c2ccc(F)cc2)C1=O. The third kappa shape index (κ3) is 4.05. The van der Waals surface area contributed by atoms with Gasteiger partial charge in [-0.15, -0.1) is 0 Å². The molecule has 2 amide bonds. The van der Waals surface area contributed by atoms with E-state index in [-0.39, 0.29) is 22.7 Å². The summed E-state index contributed by atoms with van der Waals surface area (Å²) in [5.74, 6) is -1.42. The Morgan fingerprint density at radius 1 is 1.00 bits per heavy atom. The number of carbonyl (C=O) groups is 2. The van der Waals surface area contributed by atoms with Crippen LogP contribution in [0.25, 0.3) is 5.57 Å². The Bertz CT molecular complexity index is 1190. The number of rotatable bonds is 7. The minimum Gasteiger partial charge on any atom is -0.350 e. The number of amides is 2. The molecule has 2 aromatic carbocycles. The van der Waals surface area contributed by atoms with Crippen molar-refractivity contribution in [3.05, 3.63) is 65.6 Å². The minimum atomic E-state index is -3.64. The van der Waals surface area contributed by atoms with Crippen molar-refractivity contribution < 1.29 is 22.4 Å². The molecule has 0 atom stereocenters. The van der Waals surface area contributed by atoms with Crippen molar-refractivity contribution in [3.8, 4) is 0 Å². The summed E-state index contributed by atoms with van der Waals surface area (Å²) in [4.78, 5) is 27.3. The molecule has 7 nitrogen and oxygen atoms in total. The van der Waals surface area contributed by atoms with E-state index in [1.807, 2.05) is 6.92 Å². The zero-order valence-electron chi connectivity index (χ0n) is 17.7. The molecule has 1 saturated heterocycles. The molecule has 4 rings (SSSR count). The molecular formula is C23H24FN3O4S. The molecule has 168 valence electrons. The van der Waals surface area contributed by atoms with E-state index in [2.05, 4.69) is 5.32 Å². The van der Waals surface area contributed by atoms with E-state index in [0.717, 1.165) is 17.7 Å². The van der Waals surface area contributed by atoms with E-state index >= 15 is 0 Å². The molecule has 0 bridgehead atoms. The molecule has 0 aliphatic carbocycles. The van der Waals surface area contributed by atoms with Gasteiger partial charge in [-0.3, -0.25) is 14.5 Å². The van der Waals surface area contributed by atoms with Crippen LogP contribution in [0.15, 0.2) is 59.1 Å². The molecule has 1 N–H and O–H groups in total. The second-order valence-electron chi connectivity index (χ2n) is 7.78. The predicted molar refractivity (Wildman–Crippen MR) is 118 cm³/mol. The maximum atomic E-state index is 13.4. The minimum absolute atomic E-state index is 0.0470. The maximum absolute atomic E-state index is 13.4. The highest BCUT2D eigenvalue weighted by atomic mass is 32.2. The van der Waals surface area contributed by atoms with Gasteiger partial charge in [0.15, 0.2) is 0 Å². The Morgan fingerprint density at radius 2 is 1.69 bits per heavy atom. The molecular weight excluding hydrogens is 433 g/mol. The van der Waals surface area contributed by atoms with Gasteiger partial charge in [0.05, 0.1) is 10.5 Å². The Morgan fingerprint density at radius 3 is 2.34 bits per heavy atom. The van der Waals surface area contributed by atoms with Crippen LogP contribution in [0.4, 0.5) is 10.1 Å². The van der Waals surface area contributed by atoms with Crippen LogP contribution >= 0.6 is 0 Å². The lowest BCUT2D eigenvalue weighted by Crippen LogP contribution is -2.33. The molecule has 9 heteroatoms. The third-order valence-corrected chi connectivity index (χ3v) is 7.45. The standard InChI is InChI=1S/C23H24FN3O4S/c1-2-12-27-22(28)20(16-8-10-17(24)11-9-16)21(23(27)29)25-18-6-5-7-19(15-18)32(30,31)26-13-3-4-14-26/h5-11,15,25H,2-4,12-14H2,1H3. The number of anilines is 1.